The number of hydrogen-bond donors (Lipinski definition) is 2. The number of nitrogens with zero attached hydrogens (tertiary/aromatic N) is 5. The van der Waals surface area contributed by atoms with Gasteiger partial charge in [-0.3, -0.25) is 9.48 Å². The summed E-state index contributed by atoms with van der Waals surface area (Å²) >= 11 is 0. The molecular formula is C20H23N7O2. The van der Waals surface area contributed by atoms with E-state index in [2.05, 4.69) is 25.8 Å². The molecule has 3 aromatic rings. The molecule has 0 saturated heterocycles. The van der Waals surface area contributed by atoms with Crippen molar-refractivity contribution in [2.75, 3.05) is 17.7 Å². The van der Waals surface area contributed by atoms with Gasteiger partial charge in [-0.25, -0.2) is 4.68 Å². The molecule has 3 heterocycles. The minimum Gasteiger partial charge on any atom is -0.495 e. The Morgan fingerprint density at radius 2 is 2.10 bits per heavy atom. The van der Waals surface area contributed by atoms with Crippen LogP contribution in [0.15, 0.2) is 48.1 Å². The van der Waals surface area contributed by atoms with Crippen molar-refractivity contribution in [3.05, 3.63) is 59.3 Å². The van der Waals surface area contributed by atoms with Crippen LogP contribution in [0.5, 0.6) is 5.75 Å². The van der Waals surface area contributed by atoms with E-state index >= 15 is 0 Å². The second-order valence-corrected chi connectivity index (χ2v) is 6.77. The van der Waals surface area contributed by atoms with E-state index in [4.69, 9.17) is 4.74 Å². The van der Waals surface area contributed by atoms with Gasteiger partial charge in [-0.05, 0) is 32.9 Å². The van der Waals surface area contributed by atoms with Gasteiger partial charge in [0, 0.05) is 24.0 Å². The standard InChI is InChI=1S/C20H23N7O2/c1-5-26-10-14(12(2)25-26)18-17(13(3)23-20-21-11-22-27(18)20)19(28)24-15-8-6-7-9-16(15)29-4/h6-11,18H,5H2,1-4H3,(H,24,28)(H,21,22,23)/t18-/m1/s1. The van der Waals surface area contributed by atoms with Crippen LogP contribution in [0.4, 0.5) is 11.6 Å². The molecule has 0 bridgehead atoms. The van der Waals surface area contributed by atoms with Crippen LogP contribution in [0.25, 0.3) is 0 Å². The Balaban J connectivity index is 1.78. The van der Waals surface area contributed by atoms with Crippen LogP contribution in [0.3, 0.4) is 0 Å². The number of rotatable bonds is 5. The monoisotopic (exact) mass is 393 g/mol. The van der Waals surface area contributed by atoms with Gasteiger partial charge >= 0.3 is 0 Å². The molecule has 9 nitrogen and oxygen atoms in total. The van der Waals surface area contributed by atoms with Crippen molar-refractivity contribution in [2.24, 2.45) is 0 Å². The number of nitrogens with one attached hydrogen (secondary N) is 2. The largest absolute Gasteiger partial charge is 0.495 e. The average molecular weight is 393 g/mol. The van der Waals surface area contributed by atoms with Gasteiger partial charge in [-0.15, -0.1) is 0 Å². The van der Waals surface area contributed by atoms with Gasteiger partial charge in [-0.1, -0.05) is 12.1 Å². The number of anilines is 2. The van der Waals surface area contributed by atoms with E-state index in [-0.39, 0.29) is 5.91 Å². The zero-order valence-electron chi connectivity index (χ0n) is 16.8. The fourth-order valence-electron chi connectivity index (χ4n) is 3.57. The molecule has 0 fully saturated rings. The number of ether oxygens (including phenoxy) is 1. The fourth-order valence-corrected chi connectivity index (χ4v) is 3.57. The van der Waals surface area contributed by atoms with Gasteiger partial charge in [0.1, 0.15) is 18.1 Å². The van der Waals surface area contributed by atoms with Crippen molar-refractivity contribution in [1.29, 1.82) is 0 Å². The number of carbonyl (C=O) groups excluding carboxylic acids is 1. The topological polar surface area (TPSA) is 98.9 Å². The Hall–Kier alpha value is -3.62. The van der Waals surface area contributed by atoms with Crippen LogP contribution in [-0.2, 0) is 11.3 Å². The lowest BCUT2D eigenvalue weighted by molar-refractivity contribution is -0.113. The highest BCUT2D eigenvalue weighted by Gasteiger charge is 2.35. The van der Waals surface area contributed by atoms with Crippen LogP contribution < -0.4 is 15.4 Å². The SMILES string of the molecule is CCn1cc([C@@H]2C(C(=O)Nc3ccccc3OC)=C(C)Nc3ncnn32)c(C)n1. The molecule has 4 rings (SSSR count). The molecule has 1 atom stereocenters. The molecule has 150 valence electrons. The molecule has 29 heavy (non-hydrogen) atoms. The second-order valence-electron chi connectivity index (χ2n) is 6.77. The summed E-state index contributed by atoms with van der Waals surface area (Å²) in [4.78, 5) is 17.7. The third-order valence-electron chi connectivity index (χ3n) is 5.00. The van der Waals surface area contributed by atoms with Gasteiger partial charge in [0.05, 0.1) is 24.1 Å². The summed E-state index contributed by atoms with van der Waals surface area (Å²) in [6.07, 6.45) is 3.43. The van der Waals surface area contributed by atoms with E-state index in [1.165, 1.54) is 6.33 Å². The molecule has 2 N–H and O–H groups in total. The van der Waals surface area contributed by atoms with Crippen molar-refractivity contribution in [1.82, 2.24) is 24.5 Å². The first-order valence-corrected chi connectivity index (χ1v) is 9.39. The maximum atomic E-state index is 13.4. The van der Waals surface area contributed by atoms with E-state index in [9.17, 15) is 4.79 Å². The van der Waals surface area contributed by atoms with Crippen LogP contribution in [0.1, 0.15) is 31.1 Å². The first kappa shape index (κ1) is 18.7. The fraction of sp³-hybridized carbons (Fsp3) is 0.300. The normalized spacial score (nSPS) is 15.7. The summed E-state index contributed by atoms with van der Waals surface area (Å²) in [5.41, 5.74) is 3.61. The molecule has 2 aromatic heterocycles. The summed E-state index contributed by atoms with van der Waals surface area (Å²) in [5, 5.41) is 15.1. The van der Waals surface area contributed by atoms with Gasteiger partial charge in [-0.2, -0.15) is 15.2 Å². The lowest BCUT2D eigenvalue weighted by atomic mass is 9.95. The Morgan fingerprint density at radius 3 is 2.83 bits per heavy atom. The van der Waals surface area contributed by atoms with E-state index < -0.39 is 6.04 Å². The number of amides is 1. The third kappa shape index (κ3) is 3.24. The predicted molar refractivity (Wildman–Crippen MR) is 109 cm³/mol. The van der Waals surface area contributed by atoms with E-state index in [0.717, 1.165) is 17.8 Å². The second kappa shape index (κ2) is 7.42. The number of benzene rings is 1. The zero-order chi connectivity index (χ0) is 20.5. The van der Waals surface area contributed by atoms with Crippen LogP contribution >= 0.6 is 0 Å². The summed E-state index contributed by atoms with van der Waals surface area (Å²) < 4.78 is 8.94. The number of para-hydroxylation sites is 2. The molecule has 0 aliphatic carbocycles. The first-order valence-electron chi connectivity index (χ1n) is 9.39. The molecular weight excluding hydrogens is 370 g/mol. The third-order valence-corrected chi connectivity index (χ3v) is 5.00. The lowest BCUT2D eigenvalue weighted by Crippen LogP contribution is -2.31. The van der Waals surface area contributed by atoms with Crippen molar-refractivity contribution in [3.63, 3.8) is 0 Å². The lowest BCUT2D eigenvalue weighted by Gasteiger charge is -2.28. The molecule has 0 spiro atoms. The molecule has 0 radical (unpaired) electrons. The van der Waals surface area contributed by atoms with Crippen LogP contribution in [-0.4, -0.2) is 37.6 Å². The Kier molecular flexibility index (Phi) is 4.79. The minimum atomic E-state index is -0.441. The molecule has 0 unspecified atom stereocenters. The molecule has 1 aromatic carbocycles. The molecule has 1 amide bonds. The van der Waals surface area contributed by atoms with Gasteiger partial charge in [0.2, 0.25) is 5.95 Å². The van der Waals surface area contributed by atoms with Crippen molar-refractivity contribution in [2.45, 2.75) is 33.4 Å². The summed E-state index contributed by atoms with van der Waals surface area (Å²) in [7, 11) is 1.57. The minimum absolute atomic E-state index is 0.241. The number of hydrogen-bond acceptors (Lipinski definition) is 6. The number of fused-ring (bicyclic) bond motifs is 1. The summed E-state index contributed by atoms with van der Waals surface area (Å²) in [6, 6.07) is 6.87. The maximum Gasteiger partial charge on any atom is 0.255 e. The molecule has 0 saturated carbocycles. The highest BCUT2D eigenvalue weighted by Crippen LogP contribution is 2.36. The van der Waals surface area contributed by atoms with Crippen molar-refractivity contribution >= 4 is 17.5 Å². The van der Waals surface area contributed by atoms with Gasteiger partial charge < -0.3 is 15.4 Å². The number of aryl methyl sites for hydroxylation is 2. The Bertz CT molecular complexity index is 1100. The molecule has 1 aliphatic heterocycles. The highest BCUT2D eigenvalue weighted by molar-refractivity contribution is 6.06. The smallest absolute Gasteiger partial charge is 0.255 e. The Morgan fingerprint density at radius 1 is 1.31 bits per heavy atom. The van der Waals surface area contributed by atoms with Crippen molar-refractivity contribution in [3.8, 4) is 5.75 Å². The van der Waals surface area contributed by atoms with E-state index in [0.29, 0.717) is 28.7 Å². The Labute approximate surface area is 168 Å². The number of carbonyl (C=O) groups is 1. The van der Waals surface area contributed by atoms with Crippen LogP contribution in [0, 0.1) is 6.92 Å². The summed E-state index contributed by atoms with van der Waals surface area (Å²) in [5.74, 6) is 0.940. The average Bonchev–Trinajstić information content (AvgIpc) is 3.33. The maximum absolute atomic E-state index is 13.4. The molecule has 1 aliphatic rings. The zero-order valence-corrected chi connectivity index (χ0v) is 16.8. The van der Waals surface area contributed by atoms with E-state index in [1.807, 2.05) is 43.8 Å². The number of methoxy groups -OCH3 is 1. The van der Waals surface area contributed by atoms with Gasteiger partial charge in [0.15, 0.2) is 0 Å². The molecule has 9 heteroatoms. The number of allylic oxidation sites excluding steroid dienone is 1. The van der Waals surface area contributed by atoms with Crippen LogP contribution in [0.2, 0.25) is 0 Å². The first-order chi connectivity index (χ1) is 14.0. The summed E-state index contributed by atoms with van der Waals surface area (Å²) in [6.45, 7) is 6.56. The quantitative estimate of drug-likeness (QED) is 0.692. The predicted octanol–water partition coefficient (Wildman–Crippen LogP) is 2.74. The van der Waals surface area contributed by atoms with Gasteiger partial charge in [0.25, 0.3) is 5.91 Å². The number of aromatic nitrogens is 5. The highest BCUT2D eigenvalue weighted by atomic mass is 16.5. The van der Waals surface area contributed by atoms with Crippen molar-refractivity contribution < 1.29 is 9.53 Å². The van der Waals surface area contributed by atoms with E-state index in [1.54, 1.807) is 23.9 Å².